The Hall–Kier alpha value is -1.30. The summed E-state index contributed by atoms with van der Waals surface area (Å²) >= 11 is 0. The van der Waals surface area contributed by atoms with Crippen LogP contribution in [0.2, 0.25) is 0 Å². The lowest BCUT2D eigenvalue weighted by Crippen LogP contribution is -2.67. The van der Waals surface area contributed by atoms with Crippen LogP contribution in [-0.2, 0) is 9.53 Å². The largest absolute Gasteiger partial charge is 0.466 e. The molecular weight excluding hydrogens is 361 g/mol. The molecule has 1 atom stereocenters. The summed E-state index contributed by atoms with van der Waals surface area (Å²) in [7, 11) is 0. The minimum Gasteiger partial charge on any atom is -0.466 e. The van der Waals surface area contributed by atoms with Crippen LogP contribution in [0.1, 0.15) is 19.8 Å². The Morgan fingerprint density at radius 1 is 0.783 bits per heavy atom. The van der Waals surface area contributed by atoms with Gasteiger partial charge in [0.1, 0.15) is 0 Å². The van der Waals surface area contributed by atoms with Crippen LogP contribution in [0, 0.1) is 0 Å². The molecule has 0 bridgehead atoms. The third-order valence-electron chi connectivity index (χ3n) is 2.68. The minimum atomic E-state index is -7.32. The van der Waals surface area contributed by atoms with Gasteiger partial charge < -0.3 is 4.74 Å². The molecule has 0 rings (SSSR count). The van der Waals surface area contributed by atoms with Crippen LogP contribution in [0.3, 0.4) is 0 Å². The normalized spacial score (nSPS) is 16.9. The summed E-state index contributed by atoms with van der Waals surface area (Å²) in [5.74, 6) is -16.2. The van der Waals surface area contributed by atoms with E-state index in [4.69, 9.17) is 0 Å². The van der Waals surface area contributed by atoms with Gasteiger partial charge in [0.25, 0.3) is 5.67 Å². The molecule has 0 heterocycles. The predicted molar refractivity (Wildman–Crippen MR) is 51.7 cm³/mol. The van der Waals surface area contributed by atoms with Gasteiger partial charge in [-0.15, -0.1) is 0 Å². The highest BCUT2D eigenvalue weighted by molar-refractivity contribution is 5.69. The van der Waals surface area contributed by atoms with Crippen LogP contribution in [0.15, 0.2) is 0 Å². The zero-order chi connectivity index (χ0) is 18.9. The molecule has 0 aromatic carbocycles. The number of carbonyl (C=O) groups excluding carboxylic acids is 1. The fourth-order valence-corrected chi connectivity index (χ4v) is 1.41. The Morgan fingerprint density at radius 3 is 1.52 bits per heavy atom. The van der Waals surface area contributed by atoms with Gasteiger partial charge in [-0.2, -0.15) is 43.9 Å². The molecule has 2 nitrogen and oxygen atoms in total. The molecule has 0 aromatic rings. The van der Waals surface area contributed by atoms with E-state index in [2.05, 4.69) is 4.74 Å². The number of halogens is 11. The van der Waals surface area contributed by atoms with Crippen molar-refractivity contribution in [3.05, 3.63) is 0 Å². The molecular formula is C10H9F11O2. The fourth-order valence-electron chi connectivity index (χ4n) is 1.41. The van der Waals surface area contributed by atoms with Crippen molar-refractivity contribution < 1.29 is 57.8 Å². The van der Waals surface area contributed by atoms with Gasteiger partial charge in [0.15, 0.2) is 0 Å². The van der Waals surface area contributed by atoms with E-state index in [1.165, 1.54) is 0 Å². The van der Waals surface area contributed by atoms with Crippen molar-refractivity contribution in [1.29, 1.82) is 0 Å². The van der Waals surface area contributed by atoms with E-state index in [1.807, 2.05) is 0 Å². The SMILES string of the molecule is CCOC(=O)CCC(F)(C(F)(F)F)C(F)(F)C(F)(F)C(F)(F)F. The van der Waals surface area contributed by atoms with Crippen molar-refractivity contribution in [3.63, 3.8) is 0 Å². The molecule has 0 saturated heterocycles. The number of alkyl halides is 11. The first-order valence-corrected chi connectivity index (χ1v) is 5.69. The maximum Gasteiger partial charge on any atom is 0.460 e. The van der Waals surface area contributed by atoms with Crippen molar-refractivity contribution in [1.82, 2.24) is 0 Å². The lowest BCUT2D eigenvalue weighted by molar-refractivity contribution is -0.412. The summed E-state index contributed by atoms with van der Waals surface area (Å²) < 4.78 is 142. The maximum absolute atomic E-state index is 13.6. The highest BCUT2D eigenvalue weighted by atomic mass is 19.4. The second-order valence-corrected chi connectivity index (χ2v) is 4.25. The average molecular weight is 370 g/mol. The third kappa shape index (κ3) is 3.79. The van der Waals surface area contributed by atoms with E-state index < -0.39 is 55.3 Å². The molecule has 0 aliphatic heterocycles. The second-order valence-electron chi connectivity index (χ2n) is 4.25. The number of rotatable bonds is 6. The van der Waals surface area contributed by atoms with E-state index in [-0.39, 0.29) is 0 Å². The first-order valence-electron chi connectivity index (χ1n) is 5.69. The van der Waals surface area contributed by atoms with Gasteiger partial charge >= 0.3 is 30.2 Å². The van der Waals surface area contributed by atoms with Crippen molar-refractivity contribution in [2.75, 3.05) is 6.61 Å². The Kier molecular flexibility index (Phi) is 5.95. The zero-order valence-corrected chi connectivity index (χ0v) is 11.1. The highest BCUT2D eigenvalue weighted by Gasteiger charge is 2.86. The van der Waals surface area contributed by atoms with Gasteiger partial charge in [-0.1, -0.05) is 0 Å². The van der Waals surface area contributed by atoms with Crippen LogP contribution in [0.4, 0.5) is 48.3 Å². The molecule has 13 heteroatoms. The number of carbonyl (C=O) groups is 1. The van der Waals surface area contributed by atoms with Crippen LogP contribution in [-0.4, -0.2) is 42.4 Å². The van der Waals surface area contributed by atoms with E-state index in [0.717, 1.165) is 6.92 Å². The molecule has 138 valence electrons. The molecule has 0 fully saturated rings. The number of hydrogen-bond acceptors (Lipinski definition) is 2. The topological polar surface area (TPSA) is 26.3 Å². The minimum absolute atomic E-state index is 0.459. The summed E-state index contributed by atoms with van der Waals surface area (Å²) in [6, 6.07) is 0. The molecule has 1 unspecified atom stereocenters. The standard InChI is InChI=1S/C10H9F11O2/c1-2-23-5(22)3-4-6(11,9(16,17)18)7(12,13)8(14,15)10(19,20)21/h2-4H2,1H3. The van der Waals surface area contributed by atoms with Crippen LogP contribution in [0.25, 0.3) is 0 Å². The first kappa shape index (κ1) is 21.7. The van der Waals surface area contributed by atoms with Gasteiger partial charge in [0, 0.05) is 12.8 Å². The van der Waals surface area contributed by atoms with Crippen LogP contribution < -0.4 is 0 Å². The summed E-state index contributed by atoms with van der Waals surface area (Å²) in [4.78, 5) is 10.8. The fraction of sp³-hybridized carbons (Fsp3) is 0.900. The molecule has 0 aliphatic rings. The van der Waals surface area contributed by atoms with Gasteiger partial charge in [-0.25, -0.2) is 4.39 Å². The smallest absolute Gasteiger partial charge is 0.460 e. The molecule has 0 amide bonds. The van der Waals surface area contributed by atoms with E-state index in [9.17, 15) is 53.1 Å². The molecule has 0 saturated carbocycles. The van der Waals surface area contributed by atoms with Gasteiger partial charge in [-0.3, -0.25) is 4.79 Å². The summed E-state index contributed by atoms with van der Waals surface area (Å²) in [6.45, 7) is 0.677. The summed E-state index contributed by atoms with van der Waals surface area (Å²) in [5.41, 5.74) is -6.30. The maximum atomic E-state index is 13.6. The summed E-state index contributed by atoms with van der Waals surface area (Å²) in [5, 5.41) is 0. The lowest BCUT2D eigenvalue weighted by atomic mass is 9.87. The van der Waals surface area contributed by atoms with Crippen molar-refractivity contribution in [3.8, 4) is 0 Å². The molecule has 0 N–H and O–H groups in total. The molecule has 0 aliphatic carbocycles. The van der Waals surface area contributed by atoms with Gasteiger partial charge in [0.2, 0.25) is 0 Å². The van der Waals surface area contributed by atoms with Crippen molar-refractivity contribution >= 4 is 5.97 Å². The predicted octanol–water partition coefficient (Wildman–Crippen LogP) is 4.43. The summed E-state index contributed by atoms with van der Waals surface area (Å²) in [6.07, 6.45) is -18.4. The quantitative estimate of drug-likeness (QED) is 0.511. The number of hydrogen-bond donors (Lipinski definition) is 0. The van der Waals surface area contributed by atoms with Gasteiger partial charge in [-0.05, 0) is 6.92 Å². The monoisotopic (exact) mass is 370 g/mol. The lowest BCUT2D eigenvalue weighted by Gasteiger charge is -2.39. The van der Waals surface area contributed by atoms with E-state index >= 15 is 0 Å². The van der Waals surface area contributed by atoms with Crippen LogP contribution >= 0.6 is 0 Å². The Balaban J connectivity index is 5.85. The Morgan fingerprint density at radius 2 is 1.22 bits per heavy atom. The highest BCUT2D eigenvalue weighted by Crippen LogP contribution is 2.58. The number of esters is 1. The van der Waals surface area contributed by atoms with Gasteiger partial charge in [0.05, 0.1) is 6.61 Å². The zero-order valence-electron chi connectivity index (χ0n) is 11.1. The Labute approximate surface area is 121 Å². The average Bonchev–Trinajstić information content (AvgIpc) is 2.33. The number of ether oxygens (including phenoxy) is 1. The first-order chi connectivity index (χ1) is 9.95. The van der Waals surface area contributed by atoms with E-state index in [1.54, 1.807) is 0 Å². The molecule has 23 heavy (non-hydrogen) atoms. The molecule has 0 spiro atoms. The molecule has 0 radical (unpaired) electrons. The second kappa shape index (κ2) is 6.30. The van der Waals surface area contributed by atoms with E-state index in [0.29, 0.717) is 0 Å². The third-order valence-corrected chi connectivity index (χ3v) is 2.68. The van der Waals surface area contributed by atoms with Crippen molar-refractivity contribution in [2.24, 2.45) is 0 Å². The Bertz CT molecular complexity index is 426. The van der Waals surface area contributed by atoms with Crippen LogP contribution in [0.5, 0.6) is 0 Å². The molecule has 0 aromatic heterocycles. The van der Waals surface area contributed by atoms with Crippen molar-refractivity contribution in [2.45, 2.75) is 49.6 Å².